The predicted octanol–water partition coefficient (Wildman–Crippen LogP) is 3.23. The smallest absolute Gasteiger partial charge is 0.254 e. The summed E-state index contributed by atoms with van der Waals surface area (Å²) in [5.41, 5.74) is 3.42. The van der Waals surface area contributed by atoms with Crippen LogP contribution in [0.15, 0.2) is 54.9 Å². The molecule has 0 aliphatic carbocycles. The van der Waals surface area contributed by atoms with Gasteiger partial charge in [-0.05, 0) is 41.5 Å². The minimum atomic E-state index is 0.0131. The van der Waals surface area contributed by atoms with Crippen LogP contribution in [-0.2, 0) is 19.7 Å². The molecule has 0 radical (unpaired) electrons. The Kier molecular flexibility index (Phi) is 5.29. The first kappa shape index (κ1) is 18.7. The van der Waals surface area contributed by atoms with Crippen molar-refractivity contribution in [3.63, 3.8) is 0 Å². The van der Waals surface area contributed by atoms with Gasteiger partial charge in [0.15, 0.2) is 0 Å². The lowest BCUT2D eigenvalue weighted by molar-refractivity contribution is 0.0766. The van der Waals surface area contributed by atoms with E-state index in [0.29, 0.717) is 42.6 Å². The lowest BCUT2D eigenvalue weighted by atomic mass is 10.1. The van der Waals surface area contributed by atoms with Crippen LogP contribution in [0.2, 0.25) is 0 Å². The van der Waals surface area contributed by atoms with Crippen LogP contribution in [0.4, 0.5) is 0 Å². The molecule has 1 aliphatic rings. The van der Waals surface area contributed by atoms with Crippen molar-refractivity contribution in [3.8, 4) is 17.4 Å². The van der Waals surface area contributed by atoms with Gasteiger partial charge in [0.05, 0.1) is 26.1 Å². The standard InChI is InChI=1S/C22H21N3O4/c1-27-19-5-4-17(23-11-19)14-29-18-6-7-20-16(9-18)13-25(22(20)26)12-15-3-8-21(28-2)24-10-15/h3-11H,12-14H2,1-2H3. The van der Waals surface area contributed by atoms with Gasteiger partial charge in [0.2, 0.25) is 5.88 Å². The molecule has 148 valence electrons. The fourth-order valence-corrected chi connectivity index (χ4v) is 3.19. The fourth-order valence-electron chi connectivity index (χ4n) is 3.19. The summed E-state index contributed by atoms with van der Waals surface area (Å²) in [5.74, 6) is 1.98. The van der Waals surface area contributed by atoms with E-state index in [1.807, 2.05) is 36.4 Å². The molecule has 0 spiro atoms. The van der Waals surface area contributed by atoms with Crippen LogP contribution in [0, 0.1) is 0 Å². The number of ether oxygens (including phenoxy) is 3. The first-order valence-corrected chi connectivity index (χ1v) is 9.19. The van der Waals surface area contributed by atoms with Gasteiger partial charge in [0.1, 0.15) is 18.1 Å². The highest BCUT2D eigenvalue weighted by Crippen LogP contribution is 2.28. The van der Waals surface area contributed by atoms with Gasteiger partial charge in [0.25, 0.3) is 5.91 Å². The van der Waals surface area contributed by atoms with E-state index in [4.69, 9.17) is 14.2 Å². The number of hydrogen-bond acceptors (Lipinski definition) is 6. The van der Waals surface area contributed by atoms with Crippen molar-refractivity contribution in [2.45, 2.75) is 19.7 Å². The molecule has 0 saturated carbocycles. The quantitative estimate of drug-likeness (QED) is 0.616. The van der Waals surface area contributed by atoms with E-state index < -0.39 is 0 Å². The van der Waals surface area contributed by atoms with E-state index in [9.17, 15) is 4.79 Å². The van der Waals surface area contributed by atoms with Crippen LogP contribution < -0.4 is 14.2 Å². The molecule has 2 aromatic heterocycles. The number of fused-ring (bicyclic) bond motifs is 1. The molecule has 29 heavy (non-hydrogen) atoms. The summed E-state index contributed by atoms with van der Waals surface area (Å²) < 4.78 is 16.0. The number of nitrogens with zero attached hydrogens (tertiary/aromatic N) is 3. The third kappa shape index (κ3) is 4.13. The summed E-state index contributed by atoms with van der Waals surface area (Å²) in [6.07, 6.45) is 3.39. The molecule has 1 amide bonds. The number of carbonyl (C=O) groups excluding carboxylic acids is 1. The first-order chi connectivity index (χ1) is 14.2. The number of benzene rings is 1. The third-order valence-corrected chi connectivity index (χ3v) is 4.76. The van der Waals surface area contributed by atoms with E-state index in [1.165, 1.54) is 0 Å². The van der Waals surface area contributed by atoms with Crippen LogP contribution in [0.3, 0.4) is 0 Å². The maximum absolute atomic E-state index is 12.7. The van der Waals surface area contributed by atoms with E-state index in [0.717, 1.165) is 16.8 Å². The average Bonchev–Trinajstić information content (AvgIpc) is 3.07. The SMILES string of the molecule is COc1ccc(COc2ccc3c(c2)CN(Cc2ccc(OC)nc2)C3=O)nc1. The molecular weight excluding hydrogens is 370 g/mol. The first-order valence-electron chi connectivity index (χ1n) is 9.19. The van der Waals surface area contributed by atoms with Crippen LogP contribution >= 0.6 is 0 Å². The summed E-state index contributed by atoms with van der Waals surface area (Å²) in [7, 11) is 3.18. The molecule has 7 heteroatoms. The molecule has 0 atom stereocenters. The highest BCUT2D eigenvalue weighted by Gasteiger charge is 2.27. The number of pyridine rings is 2. The van der Waals surface area contributed by atoms with Gasteiger partial charge >= 0.3 is 0 Å². The number of aromatic nitrogens is 2. The Labute approximate surface area is 168 Å². The zero-order chi connectivity index (χ0) is 20.2. The molecule has 1 aliphatic heterocycles. The van der Waals surface area contributed by atoms with Gasteiger partial charge in [-0.1, -0.05) is 6.07 Å². The number of rotatable bonds is 7. The van der Waals surface area contributed by atoms with Crippen molar-refractivity contribution in [2.24, 2.45) is 0 Å². The van der Waals surface area contributed by atoms with E-state index in [-0.39, 0.29) is 5.91 Å². The van der Waals surface area contributed by atoms with Gasteiger partial charge in [-0.25, -0.2) is 4.98 Å². The van der Waals surface area contributed by atoms with Gasteiger partial charge in [-0.15, -0.1) is 0 Å². The summed E-state index contributed by atoms with van der Waals surface area (Å²) >= 11 is 0. The molecule has 7 nitrogen and oxygen atoms in total. The number of carbonyl (C=O) groups is 1. The summed E-state index contributed by atoms with van der Waals surface area (Å²) in [5, 5.41) is 0. The molecule has 3 heterocycles. The van der Waals surface area contributed by atoms with Crippen LogP contribution in [0.1, 0.15) is 27.2 Å². The number of amides is 1. The second-order valence-corrected chi connectivity index (χ2v) is 6.67. The maximum Gasteiger partial charge on any atom is 0.254 e. The maximum atomic E-state index is 12.7. The Morgan fingerprint density at radius 3 is 2.52 bits per heavy atom. The molecule has 0 unspecified atom stereocenters. The Morgan fingerprint density at radius 1 is 0.966 bits per heavy atom. The minimum Gasteiger partial charge on any atom is -0.495 e. The second-order valence-electron chi connectivity index (χ2n) is 6.67. The Hall–Kier alpha value is -3.61. The minimum absolute atomic E-state index is 0.0131. The van der Waals surface area contributed by atoms with Crippen molar-refractivity contribution in [2.75, 3.05) is 14.2 Å². The molecule has 1 aromatic carbocycles. The topological polar surface area (TPSA) is 73.8 Å². The van der Waals surface area contributed by atoms with Crippen LogP contribution in [0.5, 0.6) is 17.4 Å². The zero-order valence-corrected chi connectivity index (χ0v) is 16.3. The van der Waals surface area contributed by atoms with Gasteiger partial charge in [-0.3, -0.25) is 9.78 Å². The van der Waals surface area contributed by atoms with Gasteiger partial charge in [0, 0.05) is 30.9 Å². The summed E-state index contributed by atoms with van der Waals surface area (Å²) in [6.45, 7) is 1.38. The Bertz CT molecular complexity index is 1000. The Balaban J connectivity index is 1.40. The summed E-state index contributed by atoms with van der Waals surface area (Å²) in [6, 6.07) is 13.0. The Morgan fingerprint density at radius 2 is 1.83 bits per heavy atom. The molecule has 4 rings (SSSR count). The predicted molar refractivity (Wildman–Crippen MR) is 106 cm³/mol. The average molecular weight is 391 g/mol. The molecule has 0 saturated heterocycles. The molecule has 0 N–H and O–H groups in total. The normalized spacial score (nSPS) is 12.6. The molecule has 0 fully saturated rings. The van der Waals surface area contributed by atoms with Gasteiger partial charge in [-0.2, -0.15) is 0 Å². The fraction of sp³-hybridized carbons (Fsp3) is 0.227. The number of methoxy groups -OCH3 is 2. The van der Waals surface area contributed by atoms with Crippen LogP contribution in [0.25, 0.3) is 0 Å². The third-order valence-electron chi connectivity index (χ3n) is 4.76. The second kappa shape index (κ2) is 8.18. The van der Waals surface area contributed by atoms with Crippen LogP contribution in [-0.4, -0.2) is 35.0 Å². The molecule has 3 aromatic rings. The lowest BCUT2D eigenvalue weighted by Crippen LogP contribution is -2.23. The monoisotopic (exact) mass is 391 g/mol. The largest absolute Gasteiger partial charge is 0.495 e. The zero-order valence-electron chi connectivity index (χ0n) is 16.3. The van der Waals surface area contributed by atoms with Crippen molar-refractivity contribution >= 4 is 5.91 Å². The molecular formula is C22H21N3O4. The summed E-state index contributed by atoms with van der Waals surface area (Å²) in [4.78, 5) is 23.0. The van der Waals surface area contributed by atoms with E-state index >= 15 is 0 Å². The highest BCUT2D eigenvalue weighted by molar-refractivity contribution is 5.98. The van der Waals surface area contributed by atoms with Gasteiger partial charge < -0.3 is 19.1 Å². The highest BCUT2D eigenvalue weighted by atomic mass is 16.5. The number of hydrogen-bond donors (Lipinski definition) is 0. The van der Waals surface area contributed by atoms with E-state index in [1.54, 1.807) is 37.6 Å². The van der Waals surface area contributed by atoms with Crippen molar-refractivity contribution in [1.29, 1.82) is 0 Å². The van der Waals surface area contributed by atoms with Crippen molar-refractivity contribution in [1.82, 2.24) is 14.9 Å². The lowest BCUT2D eigenvalue weighted by Gasteiger charge is -2.15. The van der Waals surface area contributed by atoms with Crippen molar-refractivity contribution in [3.05, 3.63) is 77.2 Å². The molecule has 0 bridgehead atoms. The van der Waals surface area contributed by atoms with Crippen molar-refractivity contribution < 1.29 is 19.0 Å². The van der Waals surface area contributed by atoms with E-state index in [2.05, 4.69) is 9.97 Å².